The van der Waals surface area contributed by atoms with E-state index in [0.717, 1.165) is 75.6 Å². The summed E-state index contributed by atoms with van der Waals surface area (Å²) >= 11 is 0. The molecule has 2 aromatic rings. The van der Waals surface area contributed by atoms with Crippen LogP contribution in [0.1, 0.15) is 12.7 Å². The lowest BCUT2D eigenvalue weighted by Gasteiger charge is -2.26. The van der Waals surface area contributed by atoms with Gasteiger partial charge in [-0.2, -0.15) is 0 Å². The van der Waals surface area contributed by atoms with Crippen LogP contribution in [0.4, 0.5) is 0 Å². The van der Waals surface area contributed by atoms with Crippen LogP contribution in [0.2, 0.25) is 0 Å². The third-order valence-electron chi connectivity index (χ3n) is 4.95. The molecule has 2 heterocycles. The van der Waals surface area contributed by atoms with Crippen molar-refractivity contribution < 1.29 is 18.6 Å². The molecule has 0 saturated carbocycles. The second kappa shape index (κ2) is 12.9. The Labute approximate surface area is 184 Å². The van der Waals surface area contributed by atoms with Gasteiger partial charge in [0.25, 0.3) is 0 Å². The Morgan fingerprint density at radius 3 is 2.71 bits per heavy atom. The van der Waals surface area contributed by atoms with Crippen molar-refractivity contribution in [3.05, 3.63) is 48.4 Å². The fourth-order valence-electron chi connectivity index (χ4n) is 3.25. The van der Waals surface area contributed by atoms with Crippen LogP contribution in [0.25, 0.3) is 0 Å². The van der Waals surface area contributed by atoms with Gasteiger partial charge in [-0.05, 0) is 31.2 Å². The van der Waals surface area contributed by atoms with Gasteiger partial charge >= 0.3 is 0 Å². The molecule has 1 aliphatic rings. The molecule has 8 heteroatoms. The first kappa shape index (κ1) is 23.0. The minimum Gasteiger partial charge on any atom is -0.497 e. The monoisotopic (exact) mass is 430 g/mol. The maximum Gasteiger partial charge on any atom is 0.191 e. The lowest BCUT2D eigenvalue weighted by molar-refractivity contribution is 0.0389. The average molecular weight is 431 g/mol. The summed E-state index contributed by atoms with van der Waals surface area (Å²) in [6.07, 6.45) is 2.42. The van der Waals surface area contributed by atoms with Crippen LogP contribution in [0.5, 0.6) is 11.5 Å². The molecule has 0 amide bonds. The molecule has 0 radical (unpaired) electrons. The quantitative estimate of drug-likeness (QED) is 0.418. The summed E-state index contributed by atoms with van der Waals surface area (Å²) in [4.78, 5) is 7.12. The largest absolute Gasteiger partial charge is 0.497 e. The molecule has 1 aliphatic heterocycles. The van der Waals surface area contributed by atoms with Crippen LogP contribution in [0.15, 0.2) is 52.1 Å². The van der Waals surface area contributed by atoms with Crippen molar-refractivity contribution in [2.24, 2.45) is 4.99 Å². The van der Waals surface area contributed by atoms with Gasteiger partial charge in [-0.25, -0.2) is 4.99 Å². The van der Waals surface area contributed by atoms with Gasteiger partial charge in [-0.3, -0.25) is 4.90 Å². The van der Waals surface area contributed by atoms with Crippen LogP contribution in [0.3, 0.4) is 0 Å². The van der Waals surface area contributed by atoms with Crippen molar-refractivity contribution in [2.45, 2.75) is 19.4 Å². The standard InChI is InChI=1S/C23H34N4O4/c1-19(31-22-6-3-5-21(17-22)28-2)18-26-23(24-9-8-20-7-4-14-30-20)25-10-11-27-12-15-29-16-13-27/h3-7,14,17,19H,8-13,15-16,18H2,1-2H3,(H2,24,25,26). The van der Waals surface area contributed by atoms with E-state index in [9.17, 15) is 0 Å². The Balaban J connectivity index is 1.49. The van der Waals surface area contributed by atoms with Crippen LogP contribution in [-0.2, 0) is 11.2 Å². The fourth-order valence-corrected chi connectivity index (χ4v) is 3.25. The number of guanidine groups is 1. The minimum atomic E-state index is -0.0741. The third-order valence-corrected chi connectivity index (χ3v) is 4.95. The van der Waals surface area contributed by atoms with E-state index in [1.54, 1.807) is 13.4 Å². The Hall–Kier alpha value is -2.71. The lowest BCUT2D eigenvalue weighted by atomic mass is 10.3. The zero-order valence-corrected chi connectivity index (χ0v) is 18.5. The summed E-state index contributed by atoms with van der Waals surface area (Å²) in [5, 5.41) is 6.83. The molecule has 170 valence electrons. The maximum atomic E-state index is 5.99. The predicted octanol–water partition coefficient (Wildman–Crippen LogP) is 2.17. The van der Waals surface area contributed by atoms with Gasteiger partial charge < -0.3 is 29.3 Å². The highest BCUT2D eigenvalue weighted by molar-refractivity contribution is 5.79. The van der Waals surface area contributed by atoms with Crippen LogP contribution in [0, 0.1) is 0 Å². The van der Waals surface area contributed by atoms with Gasteiger partial charge in [0.15, 0.2) is 5.96 Å². The van der Waals surface area contributed by atoms with Crippen molar-refractivity contribution in [1.29, 1.82) is 0 Å². The van der Waals surface area contributed by atoms with Gasteiger partial charge in [0, 0.05) is 45.2 Å². The molecule has 31 heavy (non-hydrogen) atoms. The molecule has 0 bridgehead atoms. The van der Waals surface area contributed by atoms with E-state index in [2.05, 4.69) is 15.5 Å². The molecule has 0 spiro atoms. The summed E-state index contributed by atoms with van der Waals surface area (Å²) < 4.78 is 22.1. The van der Waals surface area contributed by atoms with Gasteiger partial charge in [0.1, 0.15) is 23.4 Å². The SMILES string of the molecule is COc1cccc(OC(C)CN=C(NCCc2ccco2)NCCN2CCOCC2)c1. The summed E-state index contributed by atoms with van der Waals surface area (Å²) in [6.45, 7) is 8.62. The zero-order valence-electron chi connectivity index (χ0n) is 18.5. The highest BCUT2D eigenvalue weighted by Gasteiger charge is 2.10. The number of benzene rings is 1. The number of rotatable bonds is 11. The van der Waals surface area contributed by atoms with E-state index in [-0.39, 0.29) is 6.10 Å². The second-order valence-corrected chi connectivity index (χ2v) is 7.43. The van der Waals surface area contributed by atoms with E-state index >= 15 is 0 Å². The summed E-state index contributed by atoms with van der Waals surface area (Å²) in [5.74, 6) is 3.28. The second-order valence-electron chi connectivity index (χ2n) is 7.43. The molecule has 1 unspecified atom stereocenters. The number of nitrogens with zero attached hydrogens (tertiary/aromatic N) is 2. The Bertz CT molecular complexity index is 776. The average Bonchev–Trinajstić information content (AvgIpc) is 3.31. The number of methoxy groups -OCH3 is 1. The highest BCUT2D eigenvalue weighted by Crippen LogP contribution is 2.19. The fraction of sp³-hybridized carbons (Fsp3) is 0.522. The molecule has 3 rings (SSSR count). The van der Waals surface area contributed by atoms with Crippen molar-refractivity contribution >= 4 is 5.96 Å². The van der Waals surface area contributed by atoms with Gasteiger partial charge in [-0.15, -0.1) is 0 Å². The van der Waals surface area contributed by atoms with Crippen molar-refractivity contribution in [3.8, 4) is 11.5 Å². The molecule has 1 saturated heterocycles. The Morgan fingerprint density at radius 1 is 1.13 bits per heavy atom. The van der Waals surface area contributed by atoms with Crippen molar-refractivity contribution in [3.63, 3.8) is 0 Å². The first-order valence-electron chi connectivity index (χ1n) is 10.9. The molecule has 8 nitrogen and oxygen atoms in total. The van der Waals surface area contributed by atoms with Crippen molar-refractivity contribution in [2.75, 3.05) is 59.6 Å². The molecule has 1 aromatic carbocycles. The third kappa shape index (κ3) is 8.51. The first-order valence-corrected chi connectivity index (χ1v) is 10.9. The number of furan rings is 1. The zero-order chi connectivity index (χ0) is 21.7. The molecular formula is C23H34N4O4. The molecule has 2 N–H and O–H groups in total. The van der Waals surface area contributed by atoms with Crippen LogP contribution < -0.4 is 20.1 Å². The van der Waals surface area contributed by atoms with E-state index in [4.69, 9.17) is 23.6 Å². The summed E-state index contributed by atoms with van der Waals surface area (Å²) in [6, 6.07) is 11.5. The van der Waals surface area contributed by atoms with Crippen LogP contribution >= 0.6 is 0 Å². The normalized spacial score (nSPS) is 16.0. The number of nitrogens with one attached hydrogen (secondary N) is 2. The molecular weight excluding hydrogens is 396 g/mol. The van der Waals surface area contributed by atoms with E-state index < -0.39 is 0 Å². The predicted molar refractivity (Wildman–Crippen MR) is 121 cm³/mol. The Kier molecular flexibility index (Phi) is 9.53. The number of morpholine rings is 1. The molecule has 1 fully saturated rings. The molecule has 1 aromatic heterocycles. The smallest absolute Gasteiger partial charge is 0.191 e. The molecule has 0 aliphatic carbocycles. The lowest BCUT2D eigenvalue weighted by Crippen LogP contribution is -2.45. The Morgan fingerprint density at radius 2 is 1.94 bits per heavy atom. The summed E-state index contributed by atoms with van der Waals surface area (Å²) in [5.41, 5.74) is 0. The van der Waals surface area contributed by atoms with E-state index in [1.807, 2.05) is 43.3 Å². The van der Waals surface area contributed by atoms with Gasteiger partial charge in [0.05, 0.1) is 33.1 Å². The van der Waals surface area contributed by atoms with Gasteiger partial charge in [0.2, 0.25) is 0 Å². The van der Waals surface area contributed by atoms with E-state index in [1.165, 1.54) is 0 Å². The van der Waals surface area contributed by atoms with Crippen LogP contribution in [-0.4, -0.2) is 76.6 Å². The number of aliphatic imine (C=N–C) groups is 1. The first-order chi connectivity index (χ1) is 15.2. The minimum absolute atomic E-state index is 0.0741. The number of hydrogen-bond acceptors (Lipinski definition) is 6. The topological polar surface area (TPSA) is 80.5 Å². The van der Waals surface area contributed by atoms with Gasteiger partial charge in [-0.1, -0.05) is 6.07 Å². The maximum absolute atomic E-state index is 5.99. The summed E-state index contributed by atoms with van der Waals surface area (Å²) in [7, 11) is 1.65. The highest BCUT2D eigenvalue weighted by atomic mass is 16.5. The van der Waals surface area contributed by atoms with Crippen molar-refractivity contribution in [1.82, 2.24) is 15.5 Å². The van der Waals surface area contributed by atoms with E-state index in [0.29, 0.717) is 6.54 Å². The molecule has 1 atom stereocenters. The number of ether oxygens (including phenoxy) is 3. The number of hydrogen-bond donors (Lipinski definition) is 2.